The van der Waals surface area contributed by atoms with Gasteiger partial charge in [0.05, 0.1) is 6.61 Å². The lowest BCUT2D eigenvalue weighted by molar-refractivity contribution is -0.105. The van der Waals surface area contributed by atoms with Gasteiger partial charge < -0.3 is 9.47 Å². The molecule has 1 saturated heterocycles. The van der Waals surface area contributed by atoms with E-state index in [4.69, 9.17) is 14.7 Å². The van der Waals surface area contributed by atoms with Crippen molar-refractivity contribution in [3.8, 4) is 11.8 Å². The van der Waals surface area contributed by atoms with Crippen molar-refractivity contribution in [3.05, 3.63) is 53.8 Å². The molecule has 0 aliphatic carbocycles. The monoisotopic (exact) mass is 329 g/mol. The number of nitrogens with zero attached hydrogens (tertiary/aromatic N) is 1. The second-order valence-electron chi connectivity index (χ2n) is 5.21. The minimum atomic E-state index is -0.494. The van der Waals surface area contributed by atoms with Gasteiger partial charge in [-0.1, -0.05) is 17.8 Å². The molecule has 5 heteroatoms. The van der Waals surface area contributed by atoms with Gasteiger partial charge in [0.25, 0.3) is 0 Å². The summed E-state index contributed by atoms with van der Waals surface area (Å²) in [4.78, 5) is 1.53. The number of hydrogen-bond donors (Lipinski definition) is 0. The third-order valence-corrected chi connectivity index (χ3v) is 4.61. The average Bonchev–Trinajstić information content (AvgIpc) is 2.58. The summed E-state index contributed by atoms with van der Waals surface area (Å²) in [6.45, 7) is 0.745. The fourth-order valence-electron chi connectivity index (χ4n) is 2.37. The Hall–Kier alpha value is -2.03. The molecule has 2 aromatic carbocycles. The fourth-order valence-corrected chi connectivity index (χ4v) is 3.28. The lowest BCUT2D eigenvalue weighted by atomic mass is 10.2. The zero-order chi connectivity index (χ0) is 16.1. The zero-order valence-electron chi connectivity index (χ0n) is 12.5. The number of hydrogen-bond acceptors (Lipinski definition) is 4. The SMILES string of the molecule is N#Cc1c(F)cccc1Sc1ccc(OC2CCCCO2)cc1. The van der Waals surface area contributed by atoms with Crippen molar-refractivity contribution in [2.45, 2.75) is 35.3 Å². The van der Waals surface area contributed by atoms with Crippen molar-refractivity contribution in [2.75, 3.05) is 6.61 Å². The lowest BCUT2D eigenvalue weighted by Gasteiger charge is -2.23. The highest BCUT2D eigenvalue weighted by Gasteiger charge is 2.15. The maximum atomic E-state index is 13.6. The molecule has 3 nitrogen and oxygen atoms in total. The maximum Gasteiger partial charge on any atom is 0.199 e. The summed E-state index contributed by atoms with van der Waals surface area (Å²) in [5.74, 6) is 0.257. The first-order valence-electron chi connectivity index (χ1n) is 7.51. The molecule has 0 saturated carbocycles. The van der Waals surface area contributed by atoms with Crippen LogP contribution in [0, 0.1) is 17.1 Å². The standard InChI is InChI=1S/C18H16FNO2S/c19-16-4-3-5-17(15(16)12-20)23-14-9-7-13(8-10-14)22-18-6-1-2-11-21-18/h3-5,7-10,18H,1-2,6,11H2. The molecule has 0 radical (unpaired) electrons. The van der Waals surface area contributed by atoms with E-state index in [9.17, 15) is 4.39 Å². The number of benzene rings is 2. The van der Waals surface area contributed by atoms with E-state index in [0.29, 0.717) is 4.90 Å². The quantitative estimate of drug-likeness (QED) is 0.811. The summed E-state index contributed by atoms with van der Waals surface area (Å²) in [7, 11) is 0. The lowest BCUT2D eigenvalue weighted by Crippen LogP contribution is -2.24. The summed E-state index contributed by atoms with van der Waals surface area (Å²) in [5.41, 5.74) is 0.0773. The Balaban J connectivity index is 1.68. The third kappa shape index (κ3) is 4.04. The molecule has 0 aromatic heterocycles. The summed E-state index contributed by atoms with van der Waals surface area (Å²) in [5, 5.41) is 9.07. The van der Waals surface area contributed by atoms with Crippen molar-refractivity contribution in [3.63, 3.8) is 0 Å². The summed E-state index contributed by atoms with van der Waals surface area (Å²) in [6, 6.07) is 14.1. The molecule has 1 aliphatic rings. The van der Waals surface area contributed by atoms with Crippen molar-refractivity contribution in [1.29, 1.82) is 5.26 Å². The van der Waals surface area contributed by atoms with Crippen LogP contribution in [0.1, 0.15) is 24.8 Å². The molecule has 0 bridgehead atoms. The molecule has 1 fully saturated rings. The second kappa shape index (κ2) is 7.49. The van der Waals surface area contributed by atoms with Gasteiger partial charge in [-0.05, 0) is 49.2 Å². The van der Waals surface area contributed by atoms with Gasteiger partial charge in [-0.25, -0.2) is 4.39 Å². The number of ether oxygens (including phenoxy) is 2. The van der Waals surface area contributed by atoms with Crippen LogP contribution in [0.4, 0.5) is 4.39 Å². The van der Waals surface area contributed by atoms with Gasteiger partial charge in [0.15, 0.2) is 6.29 Å². The third-order valence-electron chi connectivity index (χ3n) is 3.54. The Morgan fingerprint density at radius 3 is 2.70 bits per heavy atom. The minimum absolute atomic E-state index is 0.0773. The smallest absolute Gasteiger partial charge is 0.199 e. The molecular formula is C18H16FNO2S. The molecule has 3 rings (SSSR count). The normalized spacial score (nSPS) is 17.5. The second-order valence-corrected chi connectivity index (χ2v) is 6.33. The van der Waals surface area contributed by atoms with Crippen LogP contribution in [-0.2, 0) is 4.74 Å². The molecule has 1 aliphatic heterocycles. The molecule has 1 heterocycles. The van der Waals surface area contributed by atoms with Crippen LogP contribution in [0.5, 0.6) is 5.75 Å². The van der Waals surface area contributed by atoms with Crippen molar-refractivity contribution in [1.82, 2.24) is 0 Å². The Kier molecular flexibility index (Phi) is 5.16. The number of nitriles is 1. The topological polar surface area (TPSA) is 42.2 Å². The molecule has 0 N–H and O–H groups in total. The van der Waals surface area contributed by atoms with Gasteiger partial charge in [0.1, 0.15) is 23.2 Å². The Morgan fingerprint density at radius 2 is 2.00 bits per heavy atom. The van der Waals surface area contributed by atoms with Crippen LogP contribution in [-0.4, -0.2) is 12.9 Å². The van der Waals surface area contributed by atoms with E-state index in [-0.39, 0.29) is 11.9 Å². The first-order chi connectivity index (χ1) is 11.3. The van der Waals surface area contributed by atoms with Crippen LogP contribution in [0.25, 0.3) is 0 Å². The molecule has 1 unspecified atom stereocenters. The average molecular weight is 329 g/mol. The Bertz CT molecular complexity index is 706. The molecule has 0 spiro atoms. The van der Waals surface area contributed by atoms with Gasteiger partial charge in [0, 0.05) is 16.2 Å². The highest BCUT2D eigenvalue weighted by molar-refractivity contribution is 7.99. The predicted octanol–water partition coefficient (Wildman–Crippen LogP) is 4.75. The highest BCUT2D eigenvalue weighted by atomic mass is 32.2. The van der Waals surface area contributed by atoms with E-state index >= 15 is 0 Å². The number of rotatable bonds is 4. The number of halogens is 1. The van der Waals surface area contributed by atoms with Crippen molar-refractivity contribution >= 4 is 11.8 Å². The summed E-state index contributed by atoms with van der Waals surface area (Å²) in [6.07, 6.45) is 2.95. The van der Waals surface area contributed by atoms with Gasteiger partial charge in [0.2, 0.25) is 0 Å². The van der Waals surface area contributed by atoms with Gasteiger partial charge in [-0.3, -0.25) is 0 Å². The largest absolute Gasteiger partial charge is 0.465 e. The Morgan fingerprint density at radius 1 is 1.17 bits per heavy atom. The van der Waals surface area contributed by atoms with Crippen molar-refractivity contribution < 1.29 is 13.9 Å². The molecule has 1 atom stereocenters. The Labute approximate surface area is 139 Å². The molecule has 118 valence electrons. The van der Waals surface area contributed by atoms with E-state index in [1.54, 1.807) is 12.1 Å². The van der Waals surface area contributed by atoms with E-state index in [1.807, 2.05) is 30.3 Å². The van der Waals surface area contributed by atoms with Crippen LogP contribution in [0.3, 0.4) is 0 Å². The predicted molar refractivity (Wildman–Crippen MR) is 85.9 cm³/mol. The highest BCUT2D eigenvalue weighted by Crippen LogP contribution is 2.32. The minimum Gasteiger partial charge on any atom is -0.465 e. The van der Waals surface area contributed by atoms with Crippen LogP contribution in [0.15, 0.2) is 52.3 Å². The van der Waals surface area contributed by atoms with E-state index in [2.05, 4.69) is 0 Å². The van der Waals surface area contributed by atoms with Crippen molar-refractivity contribution in [2.24, 2.45) is 0 Å². The summed E-state index contributed by atoms with van der Waals surface area (Å²) >= 11 is 1.36. The molecule has 23 heavy (non-hydrogen) atoms. The van der Waals surface area contributed by atoms with E-state index < -0.39 is 5.82 Å². The van der Waals surface area contributed by atoms with Gasteiger partial charge in [-0.2, -0.15) is 5.26 Å². The van der Waals surface area contributed by atoms with Crippen LogP contribution in [0.2, 0.25) is 0 Å². The molecule has 2 aromatic rings. The van der Waals surface area contributed by atoms with Crippen LogP contribution < -0.4 is 4.74 Å². The van der Waals surface area contributed by atoms with Gasteiger partial charge >= 0.3 is 0 Å². The fraction of sp³-hybridized carbons (Fsp3) is 0.278. The van der Waals surface area contributed by atoms with E-state index in [1.165, 1.54) is 17.8 Å². The molecule has 0 amide bonds. The van der Waals surface area contributed by atoms with E-state index in [0.717, 1.165) is 36.5 Å². The molecular weight excluding hydrogens is 313 g/mol. The summed E-state index contributed by atoms with van der Waals surface area (Å²) < 4.78 is 24.9. The van der Waals surface area contributed by atoms with Crippen LogP contribution >= 0.6 is 11.8 Å². The van der Waals surface area contributed by atoms with Gasteiger partial charge in [-0.15, -0.1) is 0 Å². The zero-order valence-corrected chi connectivity index (χ0v) is 13.3. The first-order valence-corrected chi connectivity index (χ1v) is 8.33. The maximum absolute atomic E-state index is 13.6. The first kappa shape index (κ1) is 15.9.